The summed E-state index contributed by atoms with van der Waals surface area (Å²) in [6, 6.07) is 0. The van der Waals surface area contributed by atoms with E-state index in [9.17, 15) is 14.4 Å². The average Bonchev–Trinajstić information content (AvgIpc) is 4.06. The predicted octanol–water partition coefficient (Wildman–Crippen LogP) is 2.78. The molecule has 0 amide bonds. The highest BCUT2D eigenvalue weighted by Gasteiger charge is 2.48. The van der Waals surface area contributed by atoms with E-state index in [2.05, 4.69) is 19.7 Å². The number of epoxide rings is 3. The van der Waals surface area contributed by atoms with Crippen molar-refractivity contribution in [1.82, 2.24) is 0 Å². The molecule has 0 aromatic heterocycles. The van der Waals surface area contributed by atoms with Gasteiger partial charge in [0.15, 0.2) is 0 Å². The van der Waals surface area contributed by atoms with Crippen LogP contribution in [0.4, 0.5) is 0 Å². The van der Waals surface area contributed by atoms with Gasteiger partial charge in [-0.2, -0.15) is 0 Å². The molecule has 9 atom stereocenters. The number of carbonyl (C=O) groups is 3. The largest absolute Gasteiger partial charge is 0.463 e. The Labute approximate surface area is 317 Å². The molecule has 54 heavy (non-hydrogen) atoms. The van der Waals surface area contributed by atoms with Crippen molar-refractivity contribution in [3.8, 4) is 0 Å². The summed E-state index contributed by atoms with van der Waals surface area (Å²) in [7, 11) is 0. The van der Waals surface area contributed by atoms with Crippen LogP contribution in [0, 0.1) is 23.2 Å². The number of ether oxygens (including phenoxy) is 9. The van der Waals surface area contributed by atoms with Crippen LogP contribution in [0.1, 0.15) is 71.1 Å². The average molecular weight is 765 g/mol. The maximum absolute atomic E-state index is 12.5. The van der Waals surface area contributed by atoms with Crippen LogP contribution in [0.3, 0.4) is 0 Å². The number of fused-ring (bicyclic) bond motifs is 3. The zero-order chi connectivity index (χ0) is 39.3. The maximum Gasteiger partial charge on any atom is 0.309 e. The van der Waals surface area contributed by atoms with Gasteiger partial charge in [0.25, 0.3) is 0 Å². The quantitative estimate of drug-likeness (QED) is 0.0612. The van der Waals surface area contributed by atoms with E-state index in [1.165, 1.54) is 17.8 Å². The number of hydrogen-bond acceptors (Lipinski definition) is 15. The second-order valence-electron chi connectivity index (χ2n) is 14.1. The highest BCUT2D eigenvalue weighted by Crippen LogP contribution is 2.41. The van der Waals surface area contributed by atoms with Crippen LogP contribution in [0.25, 0.3) is 0 Å². The summed E-state index contributed by atoms with van der Waals surface area (Å²) in [6.45, 7) is 12.4. The van der Waals surface area contributed by atoms with Crippen molar-refractivity contribution in [3.63, 3.8) is 0 Å². The van der Waals surface area contributed by atoms with Gasteiger partial charge in [0.1, 0.15) is 37.6 Å². The molecular weight excluding hydrogens is 708 g/mol. The summed E-state index contributed by atoms with van der Waals surface area (Å²) in [4.78, 5) is 63.1. The lowest BCUT2D eigenvalue weighted by atomic mass is 9.88. The Balaban J connectivity index is 0.000000794. The molecule has 3 aliphatic carbocycles. The smallest absolute Gasteiger partial charge is 0.309 e. The lowest BCUT2D eigenvalue weighted by Gasteiger charge is -2.32. The molecule has 302 valence electrons. The number of carbonyl (C=O) groups excluding carboxylic acids is 6. The Kier molecular flexibility index (Phi) is 20.1. The highest BCUT2D eigenvalue weighted by molar-refractivity contribution is 5.73. The second-order valence-corrected chi connectivity index (χ2v) is 14.1. The van der Waals surface area contributed by atoms with Crippen molar-refractivity contribution in [2.24, 2.45) is 23.2 Å². The first-order valence-electron chi connectivity index (χ1n) is 18.8. The Morgan fingerprint density at radius 1 is 0.519 bits per heavy atom. The van der Waals surface area contributed by atoms with Crippen molar-refractivity contribution in [1.29, 1.82) is 0 Å². The number of hydrogen-bond donors (Lipinski definition) is 0. The topological polar surface area (TPSA) is 195 Å². The fourth-order valence-corrected chi connectivity index (χ4v) is 7.11. The zero-order valence-corrected chi connectivity index (χ0v) is 31.4. The van der Waals surface area contributed by atoms with Crippen LogP contribution in [0.15, 0.2) is 19.7 Å². The van der Waals surface area contributed by atoms with Gasteiger partial charge in [-0.15, -0.1) is 0 Å². The Hall–Kier alpha value is -3.48. The van der Waals surface area contributed by atoms with E-state index in [1.807, 2.05) is 6.92 Å². The summed E-state index contributed by atoms with van der Waals surface area (Å²) < 4.78 is 51.0. The van der Waals surface area contributed by atoms with Gasteiger partial charge in [0.05, 0.1) is 94.0 Å². The van der Waals surface area contributed by atoms with E-state index >= 15 is 0 Å². The van der Waals surface area contributed by atoms with E-state index in [4.69, 9.17) is 57.0 Å². The molecule has 0 N–H and O–H groups in total. The monoisotopic (exact) mass is 764 g/mol. The van der Waals surface area contributed by atoms with E-state index in [-0.39, 0.29) is 93.6 Å². The summed E-state index contributed by atoms with van der Waals surface area (Å²) in [5.41, 5.74) is -0.483. The second kappa shape index (κ2) is 24.1. The van der Waals surface area contributed by atoms with Gasteiger partial charge in [-0.05, 0) is 83.9 Å². The van der Waals surface area contributed by atoms with Gasteiger partial charge >= 0.3 is 17.9 Å². The number of esters is 3. The first kappa shape index (κ1) is 44.9. The van der Waals surface area contributed by atoms with Crippen LogP contribution in [0.5, 0.6) is 0 Å². The van der Waals surface area contributed by atoms with Crippen LogP contribution >= 0.6 is 0 Å². The Morgan fingerprint density at radius 3 is 1.04 bits per heavy atom. The zero-order valence-electron chi connectivity index (χ0n) is 31.4. The fourth-order valence-electron chi connectivity index (χ4n) is 7.11. The van der Waals surface area contributed by atoms with Crippen LogP contribution in [0.2, 0.25) is 0 Å². The van der Waals surface area contributed by atoms with Crippen molar-refractivity contribution in [2.75, 3.05) is 59.5 Å². The van der Waals surface area contributed by atoms with Crippen LogP contribution in [-0.4, -0.2) is 132 Å². The van der Waals surface area contributed by atoms with E-state index in [0.29, 0.717) is 44.6 Å². The normalized spacial score (nSPS) is 30.1. The lowest BCUT2D eigenvalue weighted by molar-refractivity contribution is -0.153. The molecule has 6 fully saturated rings. The van der Waals surface area contributed by atoms with Crippen molar-refractivity contribution in [3.05, 3.63) is 19.7 Å². The van der Waals surface area contributed by atoms with Gasteiger partial charge in [-0.25, -0.2) is 14.4 Å². The summed E-state index contributed by atoms with van der Waals surface area (Å²) in [6.07, 6.45) is 9.85. The number of rotatable bonds is 19. The molecule has 6 rings (SSSR count). The Bertz CT molecular complexity index is 1130. The van der Waals surface area contributed by atoms with Gasteiger partial charge in [0, 0.05) is 5.41 Å². The molecule has 3 saturated heterocycles. The SMILES string of the molecule is C=C=O.C=C=O.C=C=O.CCC(COCCOC(=O)C1CCC2OC2C1)(COCCOC(=O)C1CCC2OC2C1)COCCOC(=O)C1CCC2OC2C1. The van der Waals surface area contributed by atoms with Crippen molar-refractivity contribution in [2.45, 2.75) is 108 Å². The molecule has 0 aromatic carbocycles. The van der Waals surface area contributed by atoms with E-state index < -0.39 is 5.41 Å². The highest BCUT2D eigenvalue weighted by atomic mass is 16.6. The van der Waals surface area contributed by atoms with Gasteiger partial charge in [0.2, 0.25) is 0 Å². The maximum atomic E-state index is 12.5. The molecule has 3 saturated carbocycles. The van der Waals surface area contributed by atoms with Gasteiger partial charge in [-0.1, -0.05) is 6.92 Å². The summed E-state index contributed by atoms with van der Waals surface area (Å²) >= 11 is 0. The third kappa shape index (κ3) is 15.7. The molecule has 15 heteroatoms. The lowest BCUT2D eigenvalue weighted by Crippen LogP contribution is -2.38. The van der Waals surface area contributed by atoms with Gasteiger partial charge < -0.3 is 42.6 Å². The third-order valence-corrected chi connectivity index (χ3v) is 10.4. The molecular formula is C39H56O15. The molecule has 0 bridgehead atoms. The van der Waals surface area contributed by atoms with Crippen LogP contribution in [-0.2, 0) is 71.4 Å². The van der Waals surface area contributed by atoms with Crippen LogP contribution < -0.4 is 0 Å². The fraction of sp³-hybridized carbons (Fsp3) is 0.769. The minimum atomic E-state index is -0.483. The third-order valence-electron chi connectivity index (χ3n) is 10.4. The molecule has 9 unspecified atom stereocenters. The molecule has 15 nitrogen and oxygen atoms in total. The molecule has 6 aliphatic rings. The van der Waals surface area contributed by atoms with Crippen molar-refractivity contribution < 1.29 is 71.4 Å². The first-order chi connectivity index (χ1) is 26.2. The molecule has 3 aliphatic heterocycles. The molecule has 0 radical (unpaired) electrons. The predicted molar refractivity (Wildman–Crippen MR) is 190 cm³/mol. The van der Waals surface area contributed by atoms with Gasteiger partial charge in [-0.3, -0.25) is 14.4 Å². The Morgan fingerprint density at radius 2 is 0.796 bits per heavy atom. The van der Waals surface area contributed by atoms with E-state index in [1.54, 1.807) is 0 Å². The summed E-state index contributed by atoms with van der Waals surface area (Å²) in [5, 5.41) is 0. The standard InChI is InChI=1S/C33H50O12.3C2H2O/c1-2-33(18-37-9-12-40-30(34)21-3-6-24-27(15-21)43-24,19-38-10-13-41-31(35)22-4-7-25-28(16-22)44-25)20-39-11-14-42-32(36)23-5-8-26-29(17-23)45-26;3*1-2-3/h21-29H,2-20H2,1H3;3*1H2. The molecule has 0 spiro atoms. The molecule has 0 aromatic rings. The first-order valence-corrected chi connectivity index (χ1v) is 18.8. The molecule has 3 heterocycles. The van der Waals surface area contributed by atoms with E-state index in [0.717, 1.165) is 57.8 Å². The van der Waals surface area contributed by atoms with Crippen molar-refractivity contribution >= 4 is 35.7 Å². The summed E-state index contributed by atoms with van der Waals surface area (Å²) in [5.74, 6) is 2.93. The minimum Gasteiger partial charge on any atom is -0.463 e. The minimum absolute atomic E-state index is 0.0948.